The lowest BCUT2D eigenvalue weighted by Gasteiger charge is -2.24. The van der Waals surface area contributed by atoms with Gasteiger partial charge in [0.15, 0.2) is 5.82 Å². The molecule has 0 saturated heterocycles. The number of carbonyl (C=O) groups is 1. The molecule has 3 heterocycles. The van der Waals surface area contributed by atoms with Crippen molar-refractivity contribution in [2.75, 3.05) is 11.4 Å². The van der Waals surface area contributed by atoms with Crippen LogP contribution >= 0.6 is 0 Å². The first kappa shape index (κ1) is 20.2. The van der Waals surface area contributed by atoms with Crippen LogP contribution in [0.1, 0.15) is 66.5 Å². The van der Waals surface area contributed by atoms with Crippen LogP contribution in [-0.4, -0.2) is 28.6 Å². The normalized spacial score (nSPS) is 15.6. The van der Waals surface area contributed by atoms with Crippen LogP contribution in [0.25, 0.3) is 0 Å². The van der Waals surface area contributed by atoms with Gasteiger partial charge in [-0.1, -0.05) is 37.2 Å². The molecule has 7 heteroatoms. The highest BCUT2D eigenvalue weighted by atomic mass is 16.5. The third kappa shape index (κ3) is 4.25. The van der Waals surface area contributed by atoms with Crippen molar-refractivity contribution in [3.63, 3.8) is 0 Å². The highest BCUT2D eigenvalue weighted by Crippen LogP contribution is 2.33. The van der Waals surface area contributed by atoms with E-state index in [9.17, 15) is 4.79 Å². The van der Waals surface area contributed by atoms with Gasteiger partial charge in [0.05, 0.1) is 18.4 Å². The molecule has 1 aliphatic heterocycles. The maximum absolute atomic E-state index is 12.7. The van der Waals surface area contributed by atoms with Gasteiger partial charge in [-0.15, -0.1) is 0 Å². The maximum atomic E-state index is 12.7. The summed E-state index contributed by atoms with van der Waals surface area (Å²) in [6, 6.07) is 10.5. The van der Waals surface area contributed by atoms with Gasteiger partial charge in [-0.3, -0.25) is 4.79 Å². The van der Waals surface area contributed by atoms with E-state index >= 15 is 0 Å². The minimum Gasteiger partial charge on any atom is -0.467 e. The molecule has 0 radical (unpaired) electrons. The molecule has 1 atom stereocenters. The number of fused-ring (bicyclic) bond motifs is 1. The Morgan fingerprint density at radius 3 is 2.93 bits per heavy atom. The number of aryl methyl sites for hydroxylation is 1. The summed E-state index contributed by atoms with van der Waals surface area (Å²) in [5.41, 5.74) is 3.14. The van der Waals surface area contributed by atoms with E-state index < -0.39 is 0 Å². The smallest absolute Gasteiger partial charge is 0.254 e. The van der Waals surface area contributed by atoms with Gasteiger partial charge in [0, 0.05) is 30.6 Å². The van der Waals surface area contributed by atoms with E-state index in [4.69, 9.17) is 8.94 Å². The van der Waals surface area contributed by atoms with Crippen molar-refractivity contribution in [1.29, 1.82) is 0 Å². The second kappa shape index (κ2) is 8.73. The number of rotatable bonds is 8. The van der Waals surface area contributed by atoms with Gasteiger partial charge in [-0.05, 0) is 37.5 Å². The molecule has 3 aromatic rings. The zero-order valence-corrected chi connectivity index (χ0v) is 17.7. The predicted octanol–water partition coefficient (Wildman–Crippen LogP) is 4.10. The Kier molecular flexibility index (Phi) is 5.88. The third-order valence-corrected chi connectivity index (χ3v) is 5.51. The number of hydrogen-bond acceptors (Lipinski definition) is 6. The average Bonchev–Trinajstić information content (AvgIpc) is 3.45. The summed E-state index contributed by atoms with van der Waals surface area (Å²) in [5, 5.41) is 6.94. The van der Waals surface area contributed by atoms with Crippen molar-refractivity contribution in [3.05, 3.63) is 65.2 Å². The molecule has 1 amide bonds. The molecule has 30 heavy (non-hydrogen) atoms. The molecule has 158 valence electrons. The Morgan fingerprint density at radius 1 is 1.30 bits per heavy atom. The van der Waals surface area contributed by atoms with Gasteiger partial charge in [0.2, 0.25) is 5.89 Å². The van der Waals surface area contributed by atoms with E-state index in [-0.39, 0.29) is 11.8 Å². The first-order valence-electron chi connectivity index (χ1n) is 10.5. The van der Waals surface area contributed by atoms with Crippen LogP contribution in [0, 0.1) is 0 Å². The molecule has 0 aliphatic carbocycles. The molecule has 2 aromatic heterocycles. The molecular weight excluding hydrogens is 380 g/mol. The van der Waals surface area contributed by atoms with E-state index in [1.165, 1.54) is 11.3 Å². The lowest BCUT2D eigenvalue weighted by atomic mass is 10.1. The zero-order chi connectivity index (χ0) is 21.1. The number of nitrogens with one attached hydrogen (secondary N) is 1. The summed E-state index contributed by atoms with van der Waals surface area (Å²) in [7, 11) is 0. The van der Waals surface area contributed by atoms with Crippen LogP contribution in [-0.2, 0) is 19.4 Å². The van der Waals surface area contributed by atoms with E-state index in [0.29, 0.717) is 42.8 Å². The first-order valence-corrected chi connectivity index (χ1v) is 10.5. The highest BCUT2D eigenvalue weighted by Gasteiger charge is 2.27. The van der Waals surface area contributed by atoms with E-state index in [1.807, 2.05) is 19.9 Å². The van der Waals surface area contributed by atoms with Gasteiger partial charge in [-0.25, -0.2) is 0 Å². The summed E-state index contributed by atoms with van der Waals surface area (Å²) < 4.78 is 10.9. The standard InChI is InChI=1S/C23H28N4O3/c1-15(2)22-25-21(30-26-22)9-6-11-24-23(28)18-10-12-29-20(18)14-27-16(3)13-17-7-4-5-8-19(17)27/h4-5,7-8,10,12,15-16H,6,9,11,13-14H2,1-3H3,(H,24,28). The molecule has 0 fully saturated rings. The number of carbonyl (C=O) groups excluding carboxylic acids is 1. The molecule has 1 aromatic carbocycles. The monoisotopic (exact) mass is 408 g/mol. The SMILES string of the molecule is CC(C)c1noc(CCCNC(=O)c2ccoc2CN2c3ccccc3CC2C)n1. The van der Waals surface area contributed by atoms with Crippen LogP contribution in [0.4, 0.5) is 5.69 Å². The predicted molar refractivity (Wildman–Crippen MR) is 114 cm³/mol. The summed E-state index contributed by atoms with van der Waals surface area (Å²) in [6.45, 7) is 7.36. The van der Waals surface area contributed by atoms with Crippen LogP contribution < -0.4 is 10.2 Å². The summed E-state index contributed by atoms with van der Waals surface area (Å²) >= 11 is 0. The Labute approximate surface area is 176 Å². The van der Waals surface area contributed by atoms with Crippen molar-refractivity contribution in [2.24, 2.45) is 0 Å². The second-order valence-electron chi connectivity index (χ2n) is 8.13. The lowest BCUT2D eigenvalue weighted by molar-refractivity contribution is 0.0951. The Hall–Kier alpha value is -3.09. The maximum Gasteiger partial charge on any atom is 0.254 e. The van der Waals surface area contributed by atoms with Gasteiger partial charge < -0.3 is 19.2 Å². The van der Waals surface area contributed by atoms with Crippen LogP contribution in [0.15, 0.2) is 45.5 Å². The van der Waals surface area contributed by atoms with Crippen LogP contribution in [0.2, 0.25) is 0 Å². The number of furan rings is 1. The topological polar surface area (TPSA) is 84.4 Å². The zero-order valence-electron chi connectivity index (χ0n) is 17.7. The Morgan fingerprint density at radius 2 is 2.13 bits per heavy atom. The number of amides is 1. The molecule has 1 aliphatic rings. The largest absolute Gasteiger partial charge is 0.467 e. The quantitative estimate of drug-likeness (QED) is 0.565. The molecular formula is C23H28N4O3. The Balaban J connectivity index is 1.32. The fraction of sp³-hybridized carbons (Fsp3) is 0.435. The van der Waals surface area contributed by atoms with Crippen molar-refractivity contribution < 1.29 is 13.7 Å². The molecule has 0 spiro atoms. The van der Waals surface area contributed by atoms with E-state index in [1.54, 1.807) is 12.3 Å². The molecule has 7 nitrogen and oxygen atoms in total. The van der Waals surface area contributed by atoms with Crippen LogP contribution in [0.5, 0.6) is 0 Å². The summed E-state index contributed by atoms with van der Waals surface area (Å²) in [4.78, 5) is 19.4. The molecule has 4 rings (SSSR count). The Bertz CT molecular complexity index is 1010. The highest BCUT2D eigenvalue weighted by molar-refractivity contribution is 5.95. The second-order valence-corrected chi connectivity index (χ2v) is 8.13. The van der Waals surface area contributed by atoms with Gasteiger partial charge in [-0.2, -0.15) is 4.98 Å². The number of benzene rings is 1. The molecule has 0 bridgehead atoms. The first-order chi connectivity index (χ1) is 14.5. The minimum atomic E-state index is -0.118. The number of hydrogen-bond donors (Lipinski definition) is 1. The fourth-order valence-electron chi connectivity index (χ4n) is 3.83. The van der Waals surface area contributed by atoms with Crippen molar-refractivity contribution in [1.82, 2.24) is 15.5 Å². The molecule has 0 saturated carbocycles. The van der Waals surface area contributed by atoms with Crippen molar-refractivity contribution in [3.8, 4) is 0 Å². The number of para-hydroxylation sites is 1. The number of anilines is 1. The summed E-state index contributed by atoms with van der Waals surface area (Å²) in [5.74, 6) is 2.14. The summed E-state index contributed by atoms with van der Waals surface area (Å²) in [6.07, 6.45) is 3.96. The van der Waals surface area contributed by atoms with E-state index in [0.717, 1.165) is 18.7 Å². The van der Waals surface area contributed by atoms with Gasteiger partial charge in [0.1, 0.15) is 5.76 Å². The van der Waals surface area contributed by atoms with Gasteiger partial charge in [0.25, 0.3) is 5.91 Å². The number of aromatic nitrogens is 2. The van der Waals surface area contributed by atoms with Crippen molar-refractivity contribution in [2.45, 2.75) is 58.5 Å². The number of nitrogens with zero attached hydrogens (tertiary/aromatic N) is 3. The third-order valence-electron chi connectivity index (χ3n) is 5.51. The van der Waals surface area contributed by atoms with Crippen molar-refractivity contribution >= 4 is 11.6 Å². The molecule has 1 N–H and O–H groups in total. The van der Waals surface area contributed by atoms with Crippen LogP contribution in [0.3, 0.4) is 0 Å². The van der Waals surface area contributed by atoms with Gasteiger partial charge >= 0.3 is 0 Å². The fourth-order valence-corrected chi connectivity index (χ4v) is 3.83. The lowest BCUT2D eigenvalue weighted by Crippen LogP contribution is -2.30. The molecule has 1 unspecified atom stereocenters. The average molecular weight is 409 g/mol. The van der Waals surface area contributed by atoms with E-state index in [2.05, 4.69) is 45.5 Å². The minimum absolute atomic E-state index is 0.118.